The first kappa shape index (κ1) is 16.8. The maximum absolute atomic E-state index is 4.63. The Kier molecular flexibility index (Phi) is 6.52. The minimum Gasteiger partial charge on any atom is -0.313 e. The summed E-state index contributed by atoms with van der Waals surface area (Å²) in [5.41, 5.74) is 2.47. The molecule has 1 saturated heterocycles. The molecular formula is C17H29N3S. The average molecular weight is 308 g/mol. The Bertz CT molecular complexity index is 417. The number of nitrogens with one attached hydrogen (secondary N) is 1. The average Bonchev–Trinajstić information content (AvgIpc) is 2.62. The van der Waals surface area contributed by atoms with Crippen molar-refractivity contribution in [2.45, 2.75) is 51.4 Å². The van der Waals surface area contributed by atoms with Crippen molar-refractivity contribution < 1.29 is 0 Å². The molecule has 2 heterocycles. The van der Waals surface area contributed by atoms with Crippen molar-refractivity contribution in [2.24, 2.45) is 0 Å². The van der Waals surface area contributed by atoms with Gasteiger partial charge in [0, 0.05) is 36.3 Å². The first-order valence-electron chi connectivity index (χ1n) is 8.10. The van der Waals surface area contributed by atoms with Crippen molar-refractivity contribution in [3.63, 3.8) is 0 Å². The van der Waals surface area contributed by atoms with Gasteiger partial charge in [0.2, 0.25) is 0 Å². The first-order chi connectivity index (χ1) is 10.1. The van der Waals surface area contributed by atoms with Gasteiger partial charge >= 0.3 is 0 Å². The van der Waals surface area contributed by atoms with Crippen LogP contribution in [0.3, 0.4) is 0 Å². The maximum atomic E-state index is 4.63. The molecule has 1 aliphatic rings. The van der Waals surface area contributed by atoms with Gasteiger partial charge in [0.15, 0.2) is 0 Å². The van der Waals surface area contributed by atoms with E-state index in [2.05, 4.69) is 59.9 Å². The Morgan fingerprint density at radius 1 is 1.33 bits per heavy atom. The van der Waals surface area contributed by atoms with Crippen molar-refractivity contribution in [2.75, 3.05) is 25.4 Å². The van der Waals surface area contributed by atoms with Crippen LogP contribution in [0.1, 0.15) is 44.9 Å². The third-order valence-corrected chi connectivity index (χ3v) is 5.33. The van der Waals surface area contributed by atoms with Crippen LogP contribution < -0.4 is 5.32 Å². The highest BCUT2D eigenvalue weighted by atomic mass is 32.2. The van der Waals surface area contributed by atoms with E-state index in [9.17, 15) is 0 Å². The Balaban J connectivity index is 1.82. The molecule has 0 radical (unpaired) electrons. The molecule has 1 aromatic heterocycles. The van der Waals surface area contributed by atoms with Gasteiger partial charge in [-0.15, -0.1) is 0 Å². The van der Waals surface area contributed by atoms with Crippen LogP contribution in [-0.2, 0) is 13.1 Å². The lowest BCUT2D eigenvalue weighted by Crippen LogP contribution is -2.27. The van der Waals surface area contributed by atoms with Gasteiger partial charge in [-0.05, 0) is 37.6 Å². The quantitative estimate of drug-likeness (QED) is 0.816. The summed E-state index contributed by atoms with van der Waals surface area (Å²) in [5.74, 6) is 1.23. The summed E-state index contributed by atoms with van der Waals surface area (Å²) in [5, 5.41) is 3.42. The predicted octanol–water partition coefficient (Wildman–Crippen LogP) is 3.30. The lowest BCUT2D eigenvalue weighted by molar-refractivity contribution is 0.273. The predicted molar refractivity (Wildman–Crippen MR) is 92.7 cm³/mol. The van der Waals surface area contributed by atoms with Crippen molar-refractivity contribution in [1.82, 2.24) is 15.2 Å². The van der Waals surface area contributed by atoms with Gasteiger partial charge in [0.05, 0.1) is 5.69 Å². The van der Waals surface area contributed by atoms with Crippen LogP contribution in [0.15, 0.2) is 18.3 Å². The molecule has 4 heteroatoms. The molecule has 0 spiro atoms. The Morgan fingerprint density at radius 2 is 2.19 bits per heavy atom. The summed E-state index contributed by atoms with van der Waals surface area (Å²) in [6.45, 7) is 12.2. The van der Waals surface area contributed by atoms with E-state index < -0.39 is 0 Å². The summed E-state index contributed by atoms with van der Waals surface area (Å²) in [7, 11) is 0. The summed E-state index contributed by atoms with van der Waals surface area (Å²) < 4.78 is 0.428. The molecule has 0 saturated carbocycles. The van der Waals surface area contributed by atoms with E-state index in [1.807, 2.05) is 6.20 Å². The summed E-state index contributed by atoms with van der Waals surface area (Å²) in [4.78, 5) is 7.17. The monoisotopic (exact) mass is 307 g/mol. The number of rotatable bonds is 6. The molecule has 0 bridgehead atoms. The number of hydrogen-bond acceptors (Lipinski definition) is 4. The zero-order chi connectivity index (χ0) is 15.1. The molecule has 2 rings (SSSR count). The molecule has 118 valence electrons. The molecule has 0 unspecified atom stereocenters. The van der Waals surface area contributed by atoms with Crippen LogP contribution in [-0.4, -0.2) is 40.0 Å². The fourth-order valence-corrected chi connectivity index (χ4v) is 3.65. The minimum absolute atomic E-state index is 0.428. The van der Waals surface area contributed by atoms with Gasteiger partial charge in [-0.3, -0.25) is 9.88 Å². The fourth-order valence-electron chi connectivity index (χ4n) is 2.51. The summed E-state index contributed by atoms with van der Waals surface area (Å²) in [6.07, 6.45) is 4.46. The largest absolute Gasteiger partial charge is 0.313 e. The molecule has 0 atom stereocenters. The van der Waals surface area contributed by atoms with Crippen molar-refractivity contribution >= 4 is 11.8 Å². The van der Waals surface area contributed by atoms with Crippen LogP contribution in [0.2, 0.25) is 0 Å². The van der Waals surface area contributed by atoms with E-state index in [4.69, 9.17) is 0 Å². The van der Waals surface area contributed by atoms with Crippen LogP contribution in [0.25, 0.3) is 0 Å². The van der Waals surface area contributed by atoms with Crippen LogP contribution in [0.5, 0.6) is 0 Å². The maximum Gasteiger partial charge on any atom is 0.0544 e. The Hall–Kier alpha value is -0.580. The third-order valence-electron chi connectivity index (χ3n) is 3.96. The van der Waals surface area contributed by atoms with Crippen LogP contribution >= 0.6 is 11.8 Å². The standard InChI is InChI=1S/C17H29N3S/c1-4-8-18-12-15-5-6-16(19-13-15)14-20-9-7-17(2,3)21-11-10-20/h5-6,13,18H,4,7-12,14H2,1-3H3. The lowest BCUT2D eigenvalue weighted by atomic mass is 10.1. The lowest BCUT2D eigenvalue weighted by Gasteiger charge is -2.22. The third kappa shape index (κ3) is 5.97. The van der Waals surface area contributed by atoms with E-state index in [-0.39, 0.29) is 0 Å². The van der Waals surface area contributed by atoms with Gasteiger partial charge in [0.1, 0.15) is 0 Å². The SMILES string of the molecule is CCCNCc1ccc(CN2CCSC(C)(C)CC2)nc1. The van der Waals surface area contributed by atoms with Crippen molar-refractivity contribution in [1.29, 1.82) is 0 Å². The number of nitrogens with zero attached hydrogens (tertiary/aromatic N) is 2. The molecule has 1 aliphatic heterocycles. The highest BCUT2D eigenvalue weighted by Gasteiger charge is 2.23. The molecule has 3 nitrogen and oxygen atoms in total. The number of pyridine rings is 1. The highest BCUT2D eigenvalue weighted by molar-refractivity contribution is 8.00. The molecule has 1 aromatic rings. The molecule has 0 aromatic carbocycles. The summed E-state index contributed by atoms with van der Waals surface area (Å²) in [6, 6.07) is 4.40. The second-order valence-electron chi connectivity index (χ2n) is 6.47. The molecule has 1 fully saturated rings. The van der Waals surface area contributed by atoms with Gasteiger partial charge in [-0.2, -0.15) is 11.8 Å². The van der Waals surface area contributed by atoms with E-state index >= 15 is 0 Å². The van der Waals surface area contributed by atoms with Gasteiger partial charge in [-0.1, -0.05) is 26.8 Å². The fraction of sp³-hybridized carbons (Fsp3) is 0.706. The van der Waals surface area contributed by atoms with E-state index in [0.717, 1.165) is 19.6 Å². The Morgan fingerprint density at radius 3 is 2.90 bits per heavy atom. The topological polar surface area (TPSA) is 28.2 Å². The summed E-state index contributed by atoms with van der Waals surface area (Å²) >= 11 is 2.10. The highest BCUT2D eigenvalue weighted by Crippen LogP contribution is 2.30. The molecule has 1 N–H and O–H groups in total. The second-order valence-corrected chi connectivity index (χ2v) is 8.27. The first-order valence-corrected chi connectivity index (χ1v) is 9.08. The molecular weight excluding hydrogens is 278 g/mol. The normalized spacial score (nSPS) is 19.4. The molecule has 0 amide bonds. The van der Waals surface area contributed by atoms with Crippen molar-refractivity contribution in [3.05, 3.63) is 29.6 Å². The zero-order valence-electron chi connectivity index (χ0n) is 13.7. The van der Waals surface area contributed by atoms with E-state index in [1.165, 1.54) is 42.9 Å². The van der Waals surface area contributed by atoms with E-state index in [0.29, 0.717) is 4.75 Å². The zero-order valence-corrected chi connectivity index (χ0v) is 14.5. The van der Waals surface area contributed by atoms with Crippen molar-refractivity contribution in [3.8, 4) is 0 Å². The van der Waals surface area contributed by atoms with E-state index in [1.54, 1.807) is 0 Å². The van der Waals surface area contributed by atoms with Crippen LogP contribution in [0, 0.1) is 0 Å². The van der Waals surface area contributed by atoms with Gasteiger partial charge in [-0.25, -0.2) is 0 Å². The Labute approximate surface area is 133 Å². The second kappa shape index (κ2) is 8.16. The number of thioether (sulfide) groups is 1. The number of aromatic nitrogens is 1. The molecule has 21 heavy (non-hydrogen) atoms. The minimum atomic E-state index is 0.428. The van der Waals surface area contributed by atoms with Crippen LogP contribution in [0.4, 0.5) is 0 Å². The van der Waals surface area contributed by atoms with Gasteiger partial charge < -0.3 is 5.32 Å². The van der Waals surface area contributed by atoms with Gasteiger partial charge in [0.25, 0.3) is 0 Å². The smallest absolute Gasteiger partial charge is 0.0544 e. The number of hydrogen-bond donors (Lipinski definition) is 1. The molecule has 0 aliphatic carbocycles.